The van der Waals surface area contributed by atoms with Gasteiger partial charge in [0.25, 0.3) is 10.9 Å². The third-order valence-corrected chi connectivity index (χ3v) is 9.78. The summed E-state index contributed by atoms with van der Waals surface area (Å²) < 4.78 is 39.1. The maximum Gasteiger partial charge on any atom is 0.288 e. The van der Waals surface area contributed by atoms with E-state index in [2.05, 4.69) is 38.9 Å². The van der Waals surface area contributed by atoms with Crippen LogP contribution in [0, 0.1) is 18.3 Å². The highest BCUT2D eigenvalue weighted by Gasteiger charge is 2.61. The Kier molecular flexibility index (Phi) is 5.67. The molecule has 2 aromatic rings. The minimum atomic E-state index is -4.07. The summed E-state index contributed by atoms with van der Waals surface area (Å²) in [4.78, 5) is 27.6. The van der Waals surface area contributed by atoms with Crippen LogP contribution in [0.15, 0.2) is 12.4 Å². The van der Waals surface area contributed by atoms with Gasteiger partial charge < -0.3 is 14.7 Å². The van der Waals surface area contributed by atoms with Crippen LogP contribution in [0.25, 0.3) is 0 Å². The Hall–Kier alpha value is -3.40. The van der Waals surface area contributed by atoms with Gasteiger partial charge in [0.1, 0.15) is 24.0 Å². The van der Waals surface area contributed by atoms with E-state index in [1.807, 2.05) is 30.9 Å². The van der Waals surface area contributed by atoms with Gasteiger partial charge in [0.2, 0.25) is 0 Å². The number of hydrogen-bond acceptors (Lipinski definition) is 10. The number of fused-ring (bicyclic) bond motifs is 1. The molecule has 3 aliphatic rings. The number of alkyl halides is 1. The van der Waals surface area contributed by atoms with Gasteiger partial charge in [0, 0.05) is 49.1 Å². The topological polar surface area (TPSA) is 136 Å². The van der Waals surface area contributed by atoms with Crippen molar-refractivity contribution in [1.29, 1.82) is 5.26 Å². The maximum absolute atomic E-state index is 15.1. The zero-order valence-corrected chi connectivity index (χ0v) is 22.3. The van der Waals surface area contributed by atoms with Gasteiger partial charge >= 0.3 is 0 Å². The number of piperazine rings is 1. The van der Waals surface area contributed by atoms with Crippen molar-refractivity contribution in [2.24, 2.45) is 0 Å². The number of aromatic nitrogens is 4. The summed E-state index contributed by atoms with van der Waals surface area (Å²) in [5, 5.41) is 14.7. The molecule has 0 spiro atoms. The molecule has 2 saturated heterocycles. The summed E-state index contributed by atoms with van der Waals surface area (Å²) in [6, 6.07) is 3.18. The number of amides is 1. The summed E-state index contributed by atoms with van der Waals surface area (Å²) in [6.07, 6.45) is 1.19. The number of carbonyl (C=O) groups is 1. The molecule has 0 aliphatic carbocycles. The van der Waals surface area contributed by atoms with Gasteiger partial charge in [-0.1, -0.05) is 13.8 Å². The molecule has 2 fully saturated rings. The van der Waals surface area contributed by atoms with E-state index in [0.717, 1.165) is 11.1 Å². The number of anilines is 3. The number of hydrogen-bond donors (Lipinski definition) is 0. The van der Waals surface area contributed by atoms with Crippen LogP contribution in [0.1, 0.15) is 50.9 Å². The van der Waals surface area contributed by atoms with Gasteiger partial charge in [-0.15, -0.1) is 10.2 Å². The van der Waals surface area contributed by atoms with E-state index in [0.29, 0.717) is 30.5 Å². The van der Waals surface area contributed by atoms with Crippen LogP contribution in [-0.4, -0.2) is 81.9 Å². The van der Waals surface area contributed by atoms with Crippen molar-refractivity contribution in [3.8, 4) is 6.07 Å². The van der Waals surface area contributed by atoms with Gasteiger partial charge in [-0.3, -0.25) is 4.79 Å². The summed E-state index contributed by atoms with van der Waals surface area (Å²) in [6.45, 7) is 10.8. The van der Waals surface area contributed by atoms with Crippen LogP contribution >= 0.6 is 0 Å². The average molecular weight is 529 g/mol. The SMILES string of the molecule is Cc1cc(N2CC(C)(C)c3c2ncnc3N2C[C@@H](C)N(C(=O)[C@@]3(F)CCS3(=O)=O)C[C@@H]2C)nnc1C#N. The van der Waals surface area contributed by atoms with E-state index in [-0.39, 0.29) is 35.9 Å². The average Bonchev–Trinajstić information content (AvgIpc) is 3.14. The number of sulfone groups is 1. The van der Waals surface area contributed by atoms with Crippen molar-refractivity contribution in [1.82, 2.24) is 25.1 Å². The standard InChI is InChI=1S/C24H29FN8O3S/c1-14-8-18(30-29-17(14)9-26)33-12-23(4,5)19-20(27-13-28-21(19)33)31-10-16(3)32(11-15(31)2)22(34)24(25)6-7-37(24,35)36/h8,13,15-16H,6-7,10-12H2,1-5H3/t15-,16+,24+/m0/s1. The number of rotatable bonds is 3. The maximum atomic E-state index is 15.1. The normalized spacial score (nSPS) is 27.9. The molecule has 5 heterocycles. The predicted octanol–water partition coefficient (Wildman–Crippen LogP) is 1.79. The first-order valence-electron chi connectivity index (χ1n) is 12.2. The van der Waals surface area contributed by atoms with Gasteiger partial charge in [-0.25, -0.2) is 22.8 Å². The molecule has 3 atom stereocenters. The molecule has 0 N–H and O–H groups in total. The van der Waals surface area contributed by atoms with Crippen LogP contribution in [0.4, 0.5) is 21.8 Å². The van der Waals surface area contributed by atoms with Crippen molar-refractivity contribution < 1.29 is 17.6 Å². The molecule has 3 aliphatic heterocycles. The summed E-state index contributed by atoms with van der Waals surface area (Å²) in [7, 11) is -4.07. The van der Waals surface area contributed by atoms with E-state index in [1.54, 1.807) is 6.92 Å². The zero-order chi connectivity index (χ0) is 26.9. The first-order valence-corrected chi connectivity index (χ1v) is 13.8. The van der Waals surface area contributed by atoms with Gasteiger partial charge in [0.05, 0.1) is 5.75 Å². The highest BCUT2D eigenvalue weighted by atomic mass is 32.2. The van der Waals surface area contributed by atoms with Crippen LogP contribution in [0.2, 0.25) is 0 Å². The molecule has 0 aromatic carbocycles. The summed E-state index contributed by atoms with van der Waals surface area (Å²) in [5.41, 5.74) is 1.54. The molecule has 0 bridgehead atoms. The van der Waals surface area contributed by atoms with E-state index < -0.39 is 26.8 Å². The lowest BCUT2D eigenvalue weighted by molar-refractivity contribution is -0.142. The second kappa shape index (κ2) is 8.31. The van der Waals surface area contributed by atoms with Crippen LogP contribution in [0.3, 0.4) is 0 Å². The minimum absolute atomic E-state index is 0.171. The Balaban J connectivity index is 1.47. The molecule has 196 valence electrons. The highest BCUT2D eigenvalue weighted by molar-refractivity contribution is 7.94. The quantitative estimate of drug-likeness (QED) is 0.580. The van der Waals surface area contributed by atoms with E-state index in [9.17, 15) is 18.5 Å². The minimum Gasteiger partial charge on any atom is -0.350 e. The van der Waals surface area contributed by atoms with Gasteiger partial charge in [0.15, 0.2) is 21.3 Å². The smallest absolute Gasteiger partial charge is 0.288 e. The molecule has 0 saturated carbocycles. The third-order valence-electron chi connectivity index (χ3n) is 7.67. The number of nitrogens with zero attached hydrogens (tertiary/aromatic N) is 8. The molecule has 13 heteroatoms. The Morgan fingerprint density at radius 2 is 1.86 bits per heavy atom. The Bertz CT molecular complexity index is 1440. The molecule has 11 nitrogen and oxygen atoms in total. The highest BCUT2D eigenvalue weighted by Crippen LogP contribution is 2.47. The first kappa shape index (κ1) is 25.3. The molecule has 0 radical (unpaired) electrons. The molecule has 37 heavy (non-hydrogen) atoms. The Labute approximate surface area is 215 Å². The fourth-order valence-electron chi connectivity index (χ4n) is 5.45. The second-order valence-electron chi connectivity index (χ2n) is 10.8. The molecule has 0 unspecified atom stereocenters. The number of aryl methyl sites for hydroxylation is 1. The molecule has 2 aromatic heterocycles. The number of nitriles is 1. The van der Waals surface area contributed by atoms with E-state index in [4.69, 9.17) is 0 Å². The summed E-state index contributed by atoms with van der Waals surface area (Å²) >= 11 is 0. The molecule has 5 rings (SSSR count). The zero-order valence-electron chi connectivity index (χ0n) is 21.4. The lowest BCUT2D eigenvalue weighted by Crippen LogP contribution is -2.66. The van der Waals surface area contributed by atoms with Crippen molar-refractivity contribution in [3.05, 3.63) is 29.2 Å². The largest absolute Gasteiger partial charge is 0.350 e. The second-order valence-corrected chi connectivity index (χ2v) is 13.1. The predicted molar refractivity (Wildman–Crippen MR) is 134 cm³/mol. The lowest BCUT2D eigenvalue weighted by Gasteiger charge is -2.47. The van der Waals surface area contributed by atoms with Crippen LogP contribution < -0.4 is 9.80 Å². The van der Waals surface area contributed by atoms with Crippen molar-refractivity contribution in [3.63, 3.8) is 0 Å². The van der Waals surface area contributed by atoms with Crippen LogP contribution in [0.5, 0.6) is 0 Å². The Morgan fingerprint density at radius 3 is 2.46 bits per heavy atom. The monoisotopic (exact) mass is 528 g/mol. The molecular weight excluding hydrogens is 499 g/mol. The number of carbonyl (C=O) groups excluding carboxylic acids is 1. The van der Waals surface area contributed by atoms with Crippen molar-refractivity contribution >= 4 is 33.2 Å². The van der Waals surface area contributed by atoms with E-state index >= 15 is 4.39 Å². The van der Waals surface area contributed by atoms with Crippen molar-refractivity contribution in [2.45, 2.75) is 63.5 Å². The lowest BCUT2D eigenvalue weighted by atomic mass is 9.87. The van der Waals surface area contributed by atoms with Crippen molar-refractivity contribution in [2.75, 3.05) is 35.2 Å². The van der Waals surface area contributed by atoms with E-state index in [1.165, 1.54) is 11.2 Å². The fourth-order valence-corrected chi connectivity index (χ4v) is 6.73. The molecule has 1 amide bonds. The molecular formula is C24H29FN8O3S. The first-order chi connectivity index (χ1) is 17.3. The van der Waals surface area contributed by atoms with Gasteiger partial charge in [-0.05, 0) is 32.4 Å². The Morgan fingerprint density at radius 1 is 1.16 bits per heavy atom. The fraction of sp³-hybridized carbons (Fsp3) is 0.583. The third kappa shape index (κ3) is 3.72. The van der Waals surface area contributed by atoms with Crippen LogP contribution in [-0.2, 0) is 20.0 Å². The summed E-state index contributed by atoms with van der Waals surface area (Å²) in [5.74, 6) is 0.719. The number of halogens is 1. The van der Waals surface area contributed by atoms with Gasteiger partial charge in [-0.2, -0.15) is 5.26 Å².